The van der Waals surface area contributed by atoms with Crippen molar-refractivity contribution in [2.24, 2.45) is 17.8 Å². The van der Waals surface area contributed by atoms with Crippen molar-refractivity contribution in [3.63, 3.8) is 0 Å². The van der Waals surface area contributed by atoms with Gasteiger partial charge in [0.05, 0.1) is 6.42 Å². The summed E-state index contributed by atoms with van der Waals surface area (Å²) in [5, 5.41) is 14.6. The molecule has 2 aromatic rings. The van der Waals surface area contributed by atoms with Crippen LogP contribution in [0.3, 0.4) is 0 Å². The molecule has 0 heterocycles. The molecule has 0 aliphatic heterocycles. The second-order valence-corrected chi connectivity index (χ2v) is 9.27. The van der Waals surface area contributed by atoms with E-state index in [-0.39, 0.29) is 42.6 Å². The lowest BCUT2D eigenvalue weighted by Crippen LogP contribution is -2.41. The van der Waals surface area contributed by atoms with E-state index in [4.69, 9.17) is 9.84 Å². The molecule has 0 saturated heterocycles. The number of benzene rings is 2. The number of aliphatic carboxylic acids is 1. The summed E-state index contributed by atoms with van der Waals surface area (Å²) in [6.45, 7) is 4.38. The van der Waals surface area contributed by atoms with E-state index in [2.05, 4.69) is 34.9 Å². The third kappa shape index (κ3) is 5.18. The molecular formula is C26H30N2O5. The molecule has 0 bridgehead atoms. The first-order valence-corrected chi connectivity index (χ1v) is 11.5. The monoisotopic (exact) mass is 450 g/mol. The first-order chi connectivity index (χ1) is 15.8. The number of fused-ring (bicyclic) bond motifs is 3. The Bertz CT molecular complexity index is 1000. The van der Waals surface area contributed by atoms with Gasteiger partial charge in [0.15, 0.2) is 0 Å². The number of rotatable bonds is 9. The van der Waals surface area contributed by atoms with Gasteiger partial charge in [0.2, 0.25) is 5.91 Å². The van der Waals surface area contributed by atoms with Gasteiger partial charge in [-0.25, -0.2) is 4.79 Å². The second kappa shape index (κ2) is 9.65. The number of carboxylic acid groups (broad SMARTS) is 1. The number of nitrogens with one attached hydrogen (secondary N) is 2. The topological polar surface area (TPSA) is 105 Å². The van der Waals surface area contributed by atoms with E-state index in [1.807, 2.05) is 38.1 Å². The minimum atomic E-state index is -0.932. The first-order valence-electron chi connectivity index (χ1n) is 11.5. The maximum Gasteiger partial charge on any atom is 0.407 e. The molecule has 3 N–H and O–H groups in total. The van der Waals surface area contributed by atoms with Crippen LogP contribution in [0.1, 0.15) is 43.7 Å². The van der Waals surface area contributed by atoms with Crippen LogP contribution < -0.4 is 10.6 Å². The lowest BCUT2D eigenvalue weighted by Gasteiger charge is -2.20. The molecule has 0 radical (unpaired) electrons. The van der Waals surface area contributed by atoms with Gasteiger partial charge in [0, 0.05) is 24.4 Å². The van der Waals surface area contributed by atoms with Gasteiger partial charge in [-0.15, -0.1) is 0 Å². The van der Waals surface area contributed by atoms with Gasteiger partial charge in [0.1, 0.15) is 6.61 Å². The number of ether oxygens (including phenoxy) is 1. The molecular weight excluding hydrogens is 420 g/mol. The Balaban J connectivity index is 1.24. The lowest BCUT2D eigenvalue weighted by molar-refractivity contribution is -0.138. The Morgan fingerprint density at radius 2 is 1.64 bits per heavy atom. The predicted octanol–water partition coefficient (Wildman–Crippen LogP) is 3.78. The predicted molar refractivity (Wildman–Crippen MR) is 124 cm³/mol. The van der Waals surface area contributed by atoms with Crippen molar-refractivity contribution in [3.8, 4) is 11.1 Å². The van der Waals surface area contributed by atoms with Gasteiger partial charge in [-0.05, 0) is 40.5 Å². The number of carboxylic acids is 1. The van der Waals surface area contributed by atoms with Crippen LogP contribution in [0.2, 0.25) is 0 Å². The average Bonchev–Trinajstić information content (AvgIpc) is 3.51. The molecule has 2 amide bonds. The molecule has 174 valence electrons. The highest BCUT2D eigenvalue weighted by atomic mass is 16.5. The number of hydrogen-bond donors (Lipinski definition) is 3. The van der Waals surface area contributed by atoms with Crippen LogP contribution in [0.15, 0.2) is 48.5 Å². The second-order valence-electron chi connectivity index (χ2n) is 9.27. The van der Waals surface area contributed by atoms with Gasteiger partial charge in [-0.1, -0.05) is 62.4 Å². The van der Waals surface area contributed by atoms with Crippen LogP contribution in [0.5, 0.6) is 0 Å². The maximum absolute atomic E-state index is 12.4. The smallest absolute Gasteiger partial charge is 0.407 e. The Hall–Kier alpha value is -3.35. The van der Waals surface area contributed by atoms with E-state index >= 15 is 0 Å². The van der Waals surface area contributed by atoms with E-state index in [1.54, 1.807) is 0 Å². The van der Waals surface area contributed by atoms with Crippen LogP contribution in [0, 0.1) is 17.8 Å². The summed E-state index contributed by atoms with van der Waals surface area (Å²) < 4.78 is 5.54. The van der Waals surface area contributed by atoms with E-state index in [0.717, 1.165) is 11.1 Å². The summed E-state index contributed by atoms with van der Waals surface area (Å²) >= 11 is 0. The first kappa shape index (κ1) is 22.8. The minimum absolute atomic E-state index is 0.00445. The van der Waals surface area contributed by atoms with Crippen LogP contribution in [0.4, 0.5) is 4.79 Å². The highest BCUT2D eigenvalue weighted by Crippen LogP contribution is 2.44. The molecule has 2 aliphatic carbocycles. The molecule has 2 aliphatic rings. The van der Waals surface area contributed by atoms with Crippen molar-refractivity contribution in [1.29, 1.82) is 0 Å². The summed E-state index contributed by atoms with van der Waals surface area (Å²) in [6, 6.07) is 15.9. The number of hydrogen-bond acceptors (Lipinski definition) is 4. The Morgan fingerprint density at radius 3 is 2.21 bits per heavy atom. The molecule has 1 fully saturated rings. The number of carbonyl (C=O) groups excluding carboxylic acids is 2. The Labute approximate surface area is 193 Å². The zero-order chi connectivity index (χ0) is 23.5. The zero-order valence-electron chi connectivity index (χ0n) is 18.9. The SMILES string of the molecule is CC(C)[C@H](CC(=O)O)NC(=O)[C@H]1C[C@H]1CNC(=O)OCC1c2ccccc2-c2ccccc21. The summed E-state index contributed by atoms with van der Waals surface area (Å²) in [5.41, 5.74) is 4.67. The van der Waals surface area contributed by atoms with E-state index < -0.39 is 18.1 Å². The average molecular weight is 451 g/mol. The maximum atomic E-state index is 12.4. The van der Waals surface area contributed by atoms with Gasteiger partial charge in [-0.3, -0.25) is 9.59 Å². The van der Waals surface area contributed by atoms with Crippen molar-refractivity contribution in [2.75, 3.05) is 13.2 Å². The van der Waals surface area contributed by atoms with Gasteiger partial charge in [0.25, 0.3) is 0 Å². The molecule has 3 atom stereocenters. The van der Waals surface area contributed by atoms with Crippen LogP contribution in [0.25, 0.3) is 11.1 Å². The summed E-state index contributed by atoms with van der Waals surface area (Å²) in [6.07, 6.45) is 0.0838. The molecule has 0 spiro atoms. The van der Waals surface area contributed by atoms with Crippen LogP contribution >= 0.6 is 0 Å². The molecule has 4 rings (SSSR count). The van der Waals surface area contributed by atoms with Gasteiger partial charge in [-0.2, -0.15) is 0 Å². The molecule has 7 heteroatoms. The fourth-order valence-corrected chi connectivity index (χ4v) is 4.59. The summed E-state index contributed by atoms with van der Waals surface area (Å²) in [5.74, 6) is -1.20. The third-order valence-corrected chi connectivity index (χ3v) is 6.64. The normalized spacial score (nSPS) is 19.4. The molecule has 1 saturated carbocycles. The third-order valence-electron chi connectivity index (χ3n) is 6.64. The highest BCUT2D eigenvalue weighted by Gasteiger charge is 2.43. The van der Waals surface area contributed by atoms with Crippen molar-refractivity contribution in [1.82, 2.24) is 10.6 Å². The Morgan fingerprint density at radius 1 is 1.03 bits per heavy atom. The molecule has 0 aromatic heterocycles. The molecule has 2 aromatic carbocycles. The lowest BCUT2D eigenvalue weighted by atomic mass is 9.98. The van der Waals surface area contributed by atoms with E-state index in [1.165, 1.54) is 11.1 Å². The van der Waals surface area contributed by atoms with E-state index in [0.29, 0.717) is 13.0 Å². The van der Waals surface area contributed by atoms with Gasteiger partial charge >= 0.3 is 12.1 Å². The zero-order valence-corrected chi connectivity index (χ0v) is 18.9. The summed E-state index contributed by atoms with van der Waals surface area (Å²) in [4.78, 5) is 35.8. The number of amides is 2. The Kier molecular flexibility index (Phi) is 6.67. The van der Waals surface area contributed by atoms with Crippen LogP contribution in [-0.4, -0.2) is 42.3 Å². The molecule has 0 unspecified atom stereocenters. The quantitative estimate of drug-likeness (QED) is 0.539. The van der Waals surface area contributed by atoms with Crippen molar-refractivity contribution in [2.45, 2.75) is 38.6 Å². The van der Waals surface area contributed by atoms with Crippen LogP contribution in [-0.2, 0) is 14.3 Å². The van der Waals surface area contributed by atoms with Crippen molar-refractivity contribution in [3.05, 3.63) is 59.7 Å². The highest BCUT2D eigenvalue weighted by molar-refractivity contribution is 5.83. The fraction of sp³-hybridized carbons (Fsp3) is 0.423. The molecule has 33 heavy (non-hydrogen) atoms. The van der Waals surface area contributed by atoms with Crippen molar-refractivity contribution >= 4 is 18.0 Å². The summed E-state index contributed by atoms with van der Waals surface area (Å²) in [7, 11) is 0. The van der Waals surface area contributed by atoms with E-state index in [9.17, 15) is 14.4 Å². The minimum Gasteiger partial charge on any atom is -0.481 e. The number of carbonyl (C=O) groups is 3. The standard InChI is InChI=1S/C26H30N2O5/c1-15(2)23(12-24(29)30)28-25(31)21-11-16(21)13-27-26(32)33-14-22-19-9-5-3-7-17(19)18-8-4-6-10-20(18)22/h3-10,15-16,21-23H,11-14H2,1-2H3,(H,27,32)(H,28,31)(H,29,30)/t16-,21-,23-/m0/s1. The van der Waals surface area contributed by atoms with Gasteiger partial charge < -0.3 is 20.5 Å². The largest absolute Gasteiger partial charge is 0.481 e. The fourth-order valence-electron chi connectivity index (χ4n) is 4.59. The molecule has 7 nitrogen and oxygen atoms in total. The number of alkyl carbamates (subject to hydrolysis) is 1. The van der Waals surface area contributed by atoms with Crippen molar-refractivity contribution < 1.29 is 24.2 Å².